The molecule has 4 aromatic rings. The van der Waals surface area contributed by atoms with Gasteiger partial charge in [-0.25, -0.2) is 0 Å². The number of benzene rings is 3. The third kappa shape index (κ3) is 5.32. The highest BCUT2D eigenvalue weighted by molar-refractivity contribution is 5.82. The van der Waals surface area contributed by atoms with Crippen LogP contribution in [-0.2, 0) is 11.2 Å². The molecule has 0 atom stereocenters. The summed E-state index contributed by atoms with van der Waals surface area (Å²) in [7, 11) is 0. The topological polar surface area (TPSA) is 42.2 Å². The minimum Gasteiger partial charge on any atom is -0.481 e. The van der Waals surface area contributed by atoms with Crippen molar-refractivity contribution in [3.63, 3.8) is 0 Å². The maximum absolute atomic E-state index is 10.8. The van der Waals surface area contributed by atoms with E-state index < -0.39 is 5.97 Å². The Kier molecular flexibility index (Phi) is 6.89. The number of hydrogen-bond donors (Lipinski definition) is 1. The summed E-state index contributed by atoms with van der Waals surface area (Å²) in [5.74, 6) is -0.744. The molecule has 0 bridgehead atoms. The molecule has 0 radical (unpaired) electrons. The molecular formula is C30H29NO2. The number of rotatable bonds is 8. The molecular weight excluding hydrogens is 406 g/mol. The van der Waals surface area contributed by atoms with Crippen molar-refractivity contribution < 1.29 is 9.90 Å². The van der Waals surface area contributed by atoms with Crippen molar-refractivity contribution >= 4 is 12.0 Å². The molecule has 4 rings (SSSR count). The van der Waals surface area contributed by atoms with E-state index in [2.05, 4.69) is 103 Å². The van der Waals surface area contributed by atoms with E-state index in [4.69, 9.17) is 5.11 Å². The van der Waals surface area contributed by atoms with Gasteiger partial charge in [-0.15, -0.1) is 0 Å². The Morgan fingerprint density at radius 1 is 0.848 bits per heavy atom. The third-order valence-corrected chi connectivity index (χ3v) is 5.67. The summed E-state index contributed by atoms with van der Waals surface area (Å²) < 4.78 is 2.33. The van der Waals surface area contributed by atoms with Gasteiger partial charge < -0.3 is 9.67 Å². The lowest BCUT2D eigenvalue weighted by Crippen LogP contribution is -2.01. The number of nitrogens with zero attached hydrogens (tertiary/aromatic N) is 1. The van der Waals surface area contributed by atoms with E-state index in [0.29, 0.717) is 6.42 Å². The van der Waals surface area contributed by atoms with Crippen LogP contribution in [-0.4, -0.2) is 15.6 Å². The van der Waals surface area contributed by atoms with Crippen molar-refractivity contribution in [3.8, 4) is 28.1 Å². The Bertz CT molecular complexity index is 1250. The Labute approximate surface area is 195 Å². The molecule has 1 N–H and O–H groups in total. The average Bonchev–Trinajstić information content (AvgIpc) is 3.19. The van der Waals surface area contributed by atoms with Gasteiger partial charge in [-0.05, 0) is 67.7 Å². The van der Waals surface area contributed by atoms with Crippen LogP contribution in [0.15, 0.2) is 96.6 Å². The van der Waals surface area contributed by atoms with E-state index in [-0.39, 0.29) is 6.42 Å². The minimum atomic E-state index is -0.744. The second-order valence-electron chi connectivity index (χ2n) is 8.53. The van der Waals surface area contributed by atoms with Crippen LogP contribution in [0, 0.1) is 0 Å². The second kappa shape index (κ2) is 10.2. The first-order valence-corrected chi connectivity index (χ1v) is 11.4. The van der Waals surface area contributed by atoms with Crippen LogP contribution < -0.4 is 0 Å². The number of carbonyl (C=O) groups is 1. The fraction of sp³-hybridized carbons (Fsp3) is 0.167. The van der Waals surface area contributed by atoms with Gasteiger partial charge in [0.1, 0.15) is 0 Å². The molecule has 0 aliphatic rings. The fourth-order valence-electron chi connectivity index (χ4n) is 4.15. The molecule has 1 aromatic heterocycles. The molecule has 0 amide bonds. The van der Waals surface area contributed by atoms with E-state index in [0.717, 1.165) is 34.6 Å². The highest BCUT2D eigenvalue weighted by Crippen LogP contribution is 2.36. The zero-order valence-electron chi connectivity index (χ0n) is 19.2. The Balaban J connectivity index is 1.86. The van der Waals surface area contributed by atoms with E-state index in [9.17, 15) is 4.79 Å². The summed E-state index contributed by atoms with van der Waals surface area (Å²) in [6, 6.07) is 31.8. The molecule has 0 saturated carbocycles. The van der Waals surface area contributed by atoms with Gasteiger partial charge in [0.15, 0.2) is 0 Å². The molecule has 33 heavy (non-hydrogen) atoms. The predicted molar refractivity (Wildman–Crippen MR) is 137 cm³/mol. The van der Waals surface area contributed by atoms with Gasteiger partial charge in [-0.1, -0.05) is 78.4 Å². The summed E-state index contributed by atoms with van der Waals surface area (Å²) in [4.78, 5) is 10.8. The number of hydrogen-bond acceptors (Lipinski definition) is 1. The number of allylic oxidation sites excluding steroid dienone is 1. The third-order valence-electron chi connectivity index (χ3n) is 5.67. The Morgan fingerprint density at radius 3 is 2.03 bits per heavy atom. The summed E-state index contributed by atoms with van der Waals surface area (Å²) in [5.41, 5.74) is 9.31. The quantitative estimate of drug-likeness (QED) is 0.309. The average molecular weight is 436 g/mol. The summed E-state index contributed by atoms with van der Waals surface area (Å²) in [6.45, 7) is 4.25. The van der Waals surface area contributed by atoms with Gasteiger partial charge in [-0.2, -0.15) is 0 Å². The van der Waals surface area contributed by atoms with Gasteiger partial charge in [0.2, 0.25) is 0 Å². The lowest BCUT2D eigenvalue weighted by Gasteiger charge is -2.14. The van der Waals surface area contributed by atoms with Crippen LogP contribution in [0.2, 0.25) is 0 Å². The molecule has 0 spiro atoms. The van der Waals surface area contributed by atoms with Gasteiger partial charge in [-0.3, -0.25) is 4.79 Å². The van der Waals surface area contributed by atoms with Gasteiger partial charge in [0, 0.05) is 17.7 Å². The molecule has 0 unspecified atom stereocenters. The van der Waals surface area contributed by atoms with Gasteiger partial charge >= 0.3 is 5.97 Å². The summed E-state index contributed by atoms with van der Waals surface area (Å²) >= 11 is 0. The molecule has 3 nitrogen and oxygen atoms in total. The maximum Gasteiger partial charge on any atom is 0.303 e. The van der Waals surface area contributed by atoms with Gasteiger partial charge in [0.25, 0.3) is 0 Å². The smallest absolute Gasteiger partial charge is 0.303 e. The lowest BCUT2D eigenvalue weighted by atomic mass is 10.0. The van der Waals surface area contributed by atoms with Crippen molar-refractivity contribution in [1.29, 1.82) is 0 Å². The van der Waals surface area contributed by atoms with Crippen molar-refractivity contribution in [2.75, 3.05) is 0 Å². The molecule has 3 aromatic carbocycles. The van der Waals surface area contributed by atoms with Crippen LogP contribution in [0.25, 0.3) is 34.1 Å². The predicted octanol–water partition coefficient (Wildman–Crippen LogP) is 7.64. The molecule has 0 aliphatic heterocycles. The van der Waals surface area contributed by atoms with E-state index >= 15 is 0 Å². The van der Waals surface area contributed by atoms with Gasteiger partial charge in [0.05, 0.1) is 11.4 Å². The Hall–Kier alpha value is -3.85. The van der Waals surface area contributed by atoms with Crippen molar-refractivity contribution in [2.45, 2.75) is 33.1 Å². The largest absolute Gasteiger partial charge is 0.481 e. The fourth-order valence-corrected chi connectivity index (χ4v) is 4.15. The molecule has 166 valence electrons. The number of carboxylic acid groups (broad SMARTS) is 1. The normalized spacial score (nSPS) is 10.7. The molecule has 0 saturated heterocycles. The standard InChI is InChI=1S/C30H29NO2/c1-22(2)20-29-27(24-11-5-3-6-12-24)21-28(25-13-7-4-8-14-25)31(29)26-18-16-23(17-19-26)10-9-15-30(32)33/h3-8,11-14,16-21H,9-10,15H2,1-2H3,(H,32,33). The zero-order chi connectivity index (χ0) is 23.2. The summed E-state index contributed by atoms with van der Waals surface area (Å²) in [6.07, 6.45) is 3.85. The van der Waals surface area contributed by atoms with E-state index in [1.54, 1.807) is 0 Å². The first-order valence-electron chi connectivity index (χ1n) is 11.4. The monoisotopic (exact) mass is 435 g/mol. The minimum absolute atomic E-state index is 0.197. The van der Waals surface area contributed by atoms with Crippen LogP contribution in [0.5, 0.6) is 0 Å². The van der Waals surface area contributed by atoms with E-state index in [1.807, 2.05) is 12.1 Å². The zero-order valence-corrected chi connectivity index (χ0v) is 19.2. The molecule has 3 heteroatoms. The number of aromatic nitrogens is 1. The maximum atomic E-state index is 10.8. The summed E-state index contributed by atoms with van der Waals surface area (Å²) in [5, 5.41) is 8.91. The highest BCUT2D eigenvalue weighted by atomic mass is 16.4. The molecule has 0 aliphatic carbocycles. The Morgan fingerprint density at radius 2 is 1.45 bits per heavy atom. The first kappa shape index (κ1) is 22.3. The van der Waals surface area contributed by atoms with Crippen molar-refractivity contribution in [1.82, 2.24) is 4.57 Å². The van der Waals surface area contributed by atoms with Crippen LogP contribution in [0.3, 0.4) is 0 Å². The van der Waals surface area contributed by atoms with Crippen LogP contribution >= 0.6 is 0 Å². The second-order valence-corrected chi connectivity index (χ2v) is 8.53. The van der Waals surface area contributed by atoms with Crippen molar-refractivity contribution in [3.05, 3.63) is 108 Å². The SMILES string of the molecule is CC(C)=Cc1c(-c2ccccc2)cc(-c2ccccc2)n1-c1ccc(CCCC(=O)O)cc1. The van der Waals surface area contributed by atoms with Crippen LogP contribution in [0.4, 0.5) is 0 Å². The van der Waals surface area contributed by atoms with Crippen molar-refractivity contribution in [2.24, 2.45) is 0 Å². The number of carboxylic acids is 1. The molecule has 0 fully saturated rings. The molecule has 1 heterocycles. The highest BCUT2D eigenvalue weighted by Gasteiger charge is 2.17. The number of aryl methyl sites for hydroxylation is 1. The first-order chi connectivity index (χ1) is 16.0. The number of aliphatic carboxylic acids is 1. The van der Waals surface area contributed by atoms with Crippen LogP contribution in [0.1, 0.15) is 37.9 Å². The van der Waals surface area contributed by atoms with E-state index in [1.165, 1.54) is 16.7 Å². The lowest BCUT2D eigenvalue weighted by molar-refractivity contribution is -0.137.